The first-order chi connectivity index (χ1) is 9.06. The average molecular weight is 269 g/mol. The number of carbonyl (C=O) groups excluding carboxylic acids is 1. The Morgan fingerprint density at radius 2 is 2.05 bits per heavy atom. The monoisotopic (exact) mass is 269 g/mol. The molecule has 0 atom stereocenters. The van der Waals surface area contributed by atoms with Crippen LogP contribution in [0.25, 0.3) is 0 Å². The zero-order chi connectivity index (χ0) is 14.8. The molecule has 1 amide bonds. The highest BCUT2D eigenvalue weighted by atomic mass is 16.5. The number of ether oxygens (including phenoxy) is 1. The van der Waals surface area contributed by atoms with Gasteiger partial charge in [0.25, 0.3) is 0 Å². The van der Waals surface area contributed by atoms with E-state index in [0.717, 1.165) is 25.5 Å². The van der Waals surface area contributed by atoms with Crippen LogP contribution >= 0.6 is 0 Å². The van der Waals surface area contributed by atoms with Gasteiger partial charge < -0.3 is 10.1 Å². The number of carbonyl (C=O) groups is 1. The number of rotatable bonds is 1. The molecule has 1 aromatic rings. The first kappa shape index (κ1) is 17.5. The summed E-state index contributed by atoms with van der Waals surface area (Å²) in [5, 5.41) is 6.66. The maximum atomic E-state index is 9.70. The van der Waals surface area contributed by atoms with Crippen LogP contribution in [0, 0.1) is 0 Å². The van der Waals surface area contributed by atoms with Crippen LogP contribution in [0.2, 0.25) is 0 Å². The Morgan fingerprint density at radius 1 is 1.47 bits per heavy atom. The lowest BCUT2D eigenvalue weighted by molar-refractivity contribution is -0.118. The Labute approximate surface area is 116 Å². The largest absolute Gasteiger partial charge is 0.478 e. The molecule has 0 fully saturated rings. The molecule has 2 rings (SSSR count). The van der Waals surface area contributed by atoms with Gasteiger partial charge in [-0.3, -0.25) is 4.79 Å². The average Bonchev–Trinajstić information content (AvgIpc) is 2.85. The molecule has 0 spiro atoms. The minimum absolute atomic E-state index is 0.00463. The lowest BCUT2D eigenvalue weighted by atomic mass is 10.1. The van der Waals surface area contributed by atoms with Crippen LogP contribution in [0.15, 0.2) is 6.20 Å². The number of aryl methyl sites for hydroxylation is 1. The first-order valence-corrected chi connectivity index (χ1v) is 6.93. The maximum Gasteiger partial charge on any atom is 0.216 e. The molecule has 0 radical (unpaired) electrons. The third-order valence-electron chi connectivity index (χ3n) is 2.54. The number of amides is 1. The molecule has 19 heavy (non-hydrogen) atoms. The molecule has 0 saturated heterocycles. The SMILES string of the molecule is CC.CC(C)c1cnn2c1OCCC2.CNC(C)=O. The molecule has 0 saturated carbocycles. The van der Waals surface area contributed by atoms with Gasteiger partial charge in [-0.1, -0.05) is 27.7 Å². The van der Waals surface area contributed by atoms with Crippen LogP contribution < -0.4 is 10.1 Å². The van der Waals surface area contributed by atoms with E-state index in [2.05, 4.69) is 24.3 Å². The molecular formula is C14H27N3O2. The maximum absolute atomic E-state index is 9.70. The fourth-order valence-corrected chi connectivity index (χ4v) is 1.48. The van der Waals surface area contributed by atoms with Crippen molar-refractivity contribution in [2.45, 2.75) is 53.5 Å². The van der Waals surface area contributed by atoms with Crippen LogP contribution in [0.3, 0.4) is 0 Å². The smallest absolute Gasteiger partial charge is 0.216 e. The molecule has 1 aromatic heterocycles. The predicted octanol–water partition coefficient (Wildman–Crippen LogP) is 2.57. The van der Waals surface area contributed by atoms with Gasteiger partial charge in [-0.25, -0.2) is 4.68 Å². The van der Waals surface area contributed by atoms with Crippen molar-refractivity contribution in [1.29, 1.82) is 0 Å². The zero-order valence-corrected chi connectivity index (χ0v) is 13.0. The van der Waals surface area contributed by atoms with Crippen molar-refractivity contribution in [2.24, 2.45) is 0 Å². The van der Waals surface area contributed by atoms with Crippen molar-refractivity contribution in [3.05, 3.63) is 11.8 Å². The third kappa shape index (κ3) is 5.77. The molecule has 2 heterocycles. The summed E-state index contributed by atoms with van der Waals surface area (Å²) in [5.74, 6) is 1.49. The molecule has 1 aliphatic heterocycles. The van der Waals surface area contributed by atoms with E-state index in [1.54, 1.807) is 7.05 Å². The Kier molecular flexibility index (Phi) is 8.66. The molecule has 1 N–H and O–H groups in total. The number of nitrogens with zero attached hydrogens (tertiary/aromatic N) is 2. The fourth-order valence-electron chi connectivity index (χ4n) is 1.48. The third-order valence-corrected chi connectivity index (χ3v) is 2.54. The van der Waals surface area contributed by atoms with Gasteiger partial charge in [0.15, 0.2) is 0 Å². The second-order valence-corrected chi connectivity index (χ2v) is 4.29. The Balaban J connectivity index is 0.000000396. The first-order valence-electron chi connectivity index (χ1n) is 6.93. The van der Waals surface area contributed by atoms with Gasteiger partial charge in [0.2, 0.25) is 11.8 Å². The van der Waals surface area contributed by atoms with E-state index < -0.39 is 0 Å². The fraction of sp³-hybridized carbons (Fsp3) is 0.714. The molecule has 0 bridgehead atoms. The highest BCUT2D eigenvalue weighted by molar-refractivity contribution is 5.72. The van der Waals surface area contributed by atoms with Crippen molar-refractivity contribution < 1.29 is 9.53 Å². The molecule has 0 aromatic carbocycles. The van der Waals surface area contributed by atoms with Crippen LogP contribution in [0.1, 0.15) is 52.5 Å². The second-order valence-electron chi connectivity index (χ2n) is 4.29. The van der Waals surface area contributed by atoms with Crippen LogP contribution in [-0.2, 0) is 11.3 Å². The van der Waals surface area contributed by atoms with E-state index in [0.29, 0.717) is 5.92 Å². The van der Waals surface area contributed by atoms with Gasteiger partial charge in [0, 0.05) is 32.5 Å². The van der Waals surface area contributed by atoms with Gasteiger partial charge in [0.1, 0.15) is 0 Å². The summed E-state index contributed by atoms with van der Waals surface area (Å²) in [6.07, 6.45) is 3.00. The molecule has 5 heteroatoms. The summed E-state index contributed by atoms with van der Waals surface area (Å²) in [5.41, 5.74) is 1.23. The summed E-state index contributed by atoms with van der Waals surface area (Å²) >= 11 is 0. The second kappa shape index (κ2) is 9.42. The predicted molar refractivity (Wildman–Crippen MR) is 77.5 cm³/mol. The standard InChI is InChI=1S/C9H14N2O.C3H7NO.C2H6/c1-7(2)8-6-10-11-4-3-5-12-9(8)11;1-3(5)4-2;1-2/h6-7H,3-5H2,1-2H3;1-2H3,(H,4,5);1-2H3. The molecule has 0 unspecified atom stereocenters. The summed E-state index contributed by atoms with van der Waals surface area (Å²) in [7, 11) is 1.60. The van der Waals surface area contributed by atoms with E-state index >= 15 is 0 Å². The summed E-state index contributed by atoms with van der Waals surface area (Å²) < 4.78 is 7.51. The minimum atomic E-state index is 0.00463. The van der Waals surface area contributed by atoms with E-state index in [9.17, 15) is 4.79 Å². The van der Waals surface area contributed by atoms with E-state index in [1.807, 2.05) is 24.7 Å². The zero-order valence-electron chi connectivity index (χ0n) is 13.0. The lowest BCUT2D eigenvalue weighted by Gasteiger charge is -2.16. The topological polar surface area (TPSA) is 56.1 Å². The highest BCUT2D eigenvalue weighted by Crippen LogP contribution is 2.28. The van der Waals surface area contributed by atoms with Gasteiger partial charge >= 0.3 is 0 Å². The Bertz CT molecular complexity index is 373. The number of hydrogen-bond donors (Lipinski definition) is 1. The molecule has 1 aliphatic rings. The van der Waals surface area contributed by atoms with Crippen LogP contribution in [-0.4, -0.2) is 29.3 Å². The van der Waals surface area contributed by atoms with Crippen LogP contribution in [0.5, 0.6) is 5.88 Å². The van der Waals surface area contributed by atoms with E-state index in [1.165, 1.54) is 12.5 Å². The van der Waals surface area contributed by atoms with Crippen molar-refractivity contribution in [3.63, 3.8) is 0 Å². The number of aromatic nitrogens is 2. The van der Waals surface area contributed by atoms with Crippen molar-refractivity contribution in [3.8, 4) is 5.88 Å². The number of hydrogen-bond acceptors (Lipinski definition) is 3. The van der Waals surface area contributed by atoms with Gasteiger partial charge in [-0.2, -0.15) is 5.10 Å². The number of fused-ring (bicyclic) bond motifs is 1. The van der Waals surface area contributed by atoms with Crippen molar-refractivity contribution in [2.75, 3.05) is 13.7 Å². The number of nitrogens with one attached hydrogen (secondary N) is 1. The minimum Gasteiger partial charge on any atom is -0.478 e. The van der Waals surface area contributed by atoms with Gasteiger partial charge in [-0.05, 0) is 5.92 Å². The summed E-state index contributed by atoms with van der Waals surface area (Å²) in [6, 6.07) is 0. The molecule has 110 valence electrons. The molecular weight excluding hydrogens is 242 g/mol. The quantitative estimate of drug-likeness (QED) is 0.852. The van der Waals surface area contributed by atoms with E-state index in [4.69, 9.17) is 4.74 Å². The lowest BCUT2D eigenvalue weighted by Crippen LogP contribution is -2.15. The van der Waals surface area contributed by atoms with Gasteiger partial charge in [-0.15, -0.1) is 0 Å². The Hall–Kier alpha value is -1.52. The van der Waals surface area contributed by atoms with Crippen molar-refractivity contribution in [1.82, 2.24) is 15.1 Å². The molecule has 5 nitrogen and oxygen atoms in total. The van der Waals surface area contributed by atoms with Crippen LogP contribution in [0.4, 0.5) is 0 Å². The van der Waals surface area contributed by atoms with E-state index in [-0.39, 0.29) is 5.91 Å². The Morgan fingerprint density at radius 3 is 2.53 bits per heavy atom. The highest BCUT2D eigenvalue weighted by Gasteiger charge is 2.17. The van der Waals surface area contributed by atoms with Gasteiger partial charge in [0.05, 0.1) is 12.8 Å². The normalized spacial score (nSPS) is 12.2. The van der Waals surface area contributed by atoms with Crippen molar-refractivity contribution >= 4 is 5.91 Å². The summed E-state index contributed by atoms with van der Waals surface area (Å²) in [6.45, 7) is 11.6. The molecule has 0 aliphatic carbocycles. The summed E-state index contributed by atoms with van der Waals surface area (Å²) in [4.78, 5) is 9.70.